The van der Waals surface area contributed by atoms with Gasteiger partial charge in [0.1, 0.15) is 0 Å². The van der Waals surface area contributed by atoms with E-state index in [9.17, 15) is 0 Å². The van der Waals surface area contributed by atoms with Gasteiger partial charge in [0.25, 0.3) is 0 Å². The molecule has 2 aromatic rings. The average molecular weight is 336 g/mol. The molecule has 0 aliphatic heterocycles. The monoisotopic (exact) mass is 335 g/mol. The quantitative estimate of drug-likeness (QED) is 0.879. The van der Waals surface area contributed by atoms with Gasteiger partial charge in [-0.1, -0.05) is 28.1 Å². The average Bonchev–Trinajstić information content (AvgIpc) is 2.78. The second kappa shape index (κ2) is 7.04. The van der Waals surface area contributed by atoms with E-state index < -0.39 is 0 Å². The Balaban J connectivity index is 2.08. The first-order valence-electron chi connectivity index (χ1n) is 7.10. The predicted octanol–water partition coefficient (Wildman–Crippen LogP) is 3.33. The molecule has 0 amide bonds. The molecule has 0 spiro atoms. The number of hydrogen-bond donors (Lipinski definition) is 1. The van der Waals surface area contributed by atoms with Crippen molar-refractivity contribution in [3.8, 4) is 0 Å². The number of hydrogen-bond acceptors (Lipinski definition) is 2. The number of rotatable bonds is 6. The number of benzene rings is 1. The number of aromatic nitrogens is 2. The Morgan fingerprint density at radius 1 is 1.30 bits per heavy atom. The van der Waals surface area contributed by atoms with Crippen molar-refractivity contribution >= 4 is 15.9 Å². The van der Waals surface area contributed by atoms with Crippen LogP contribution in [0.15, 0.2) is 34.8 Å². The molecule has 1 unspecified atom stereocenters. The molecule has 0 bridgehead atoms. The van der Waals surface area contributed by atoms with Crippen LogP contribution in [0.4, 0.5) is 0 Å². The van der Waals surface area contributed by atoms with Crippen molar-refractivity contribution in [2.75, 3.05) is 6.54 Å². The minimum absolute atomic E-state index is 0.450. The van der Waals surface area contributed by atoms with Crippen LogP contribution < -0.4 is 5.73 Å². The highest BCUT2D eigenvalue weighted by Crippen LogP contribution is 2.18. The molecule has 0 fully saturated rings. The van der Waals surface area contributed by atoms with Crippen molar-refractivity contribution in [3.63, 3.8) is 0 Å². The molecule has 0 saturated carbocycles. The van der Waals surface area contributed by atoms with E-state index in [1.54, 1.807) is 0 Å². The van der Waals surface area contributed by atoms with Crippen LogP contribution in [-0.2, 0) is 19.4 Å². The fourth-order valence-corrected chi connectivity index (χ4v) is 3.02. The lowest BCUT2D eigenvalue weighted by Crippen LogP contribution is -2.21. The zero-order valence-corrected chi connectivity index (χ0v) is 13.7. The smallest absolute Gasteiger partial charge is 0.0596 e. The zero-order valence-electron chi connectivity index (χ0n) is 12.1. The second-order valence-electron chi connectivity index (χ2n) is 5.23. The SMILES string of the molecule is CCn1nc(C)cc1CC(CN)Cc1cccc(Br)c1. The van der Waals surface area contributed by atoms with Gasteiger partial charge in [0.2, 0.25) is 0 Å². The minimum atomic E-state index is 0.450. The number of nitrogens with zero attached hydrogens (tertiary/aromatic N) is 2. The van der Waals surface area contributed by atoms with Crippen LogP contribution in [-0.4, -0.2) is 16.3 Å². The van der Waals surface area contributed by atoms with Gasteiger partial charge in [0.05, 0.1) is 5.69 Å². The van der Waals surface area contributed by atoms with Gasteiger partial charge in [-0.3, -0.25) is 4.68 Å². The van der Waals surface area contributed by atoms with Crippen molar-refractivity contribution in [2.45, 2.75) is 33.2 Å². The van der Waals surface area contributed by atoms with Crippen molar-refractivity contribution in [1.82, 2.24) is 9.78 Å². The predicted molar refractivity (Wildman–Crippen MR) is 86.7 cm³/mol. The van der Waals surface area contributed by atoms with E-state index in [0.29, 0.717) is 12.5 Å². The van der Waals surface area contributed by atoms with E-state index in [1.165, 1.54) is 11.3 Å². The summed E-state index contributed by atoms with van der Waals surface area (Å²) in [6.07, 6.45) is 1.99. The molecule has 2 N–H and O–H groups in total. The summed E-state index contributed by atoms with van der Waals surface area (Å²) >= 11 is 3.52. The maximum absolute atomic E-state index is 5.96. The van der Waals surface area contributed by atoms with Gasteiger partial charge in [-0.25, -0.2) is 0 Å². The highest BCUT2D eigenvalue weighted by atomic mass is 79.9. The van der Waals surface area contributed by atoms with E-state index in [1.807, 2.05) is 6.92 Å². The molecule has 0 radical (unpaired) electrons. The van der Waals surface area contributed by atoms with Crippen LogP contribution in [0.3, 0.4) is 0 Å². The van der Waals surface area contributed by atoms with Gasteiger partial charge in [-0.2, -0.15) is 5.10 Å². The molecule has 1 atom stereocenters. The van der Waals surface area contributed by atoms with Crippen molar-refractivity contribution in [2.24, 2.45) is 11.7 Å². The Morgan fingerprint density at radius 3 is 2.75 bits per heavy atom. The molecular formula is C16H22BrN3. The molecule has 4 heteroatoms. The number of halogens is 1. The standard InChI is InChI=1S/C16H22BrN3/c1-3-20-16(7-12(2)19-20)10-14(11-18)8-13-5-4-6-15(17)9-13/h4-7,9,14H,3,8,10-11,18H2,1-2H3. The van der Waals surface area contributed by atoms with Gasteiger partial charge in [-0.05, 0) is 62.9 Å². The summed E-state index contributed by atoms with van der Waals surface area (Å²) in [4.78, 5) is 0. The minimum Gasteiger partial charge on any atom is -0.330 e. The molecule has 2 rings (SSSR count). The molecule has 0 aliphatic rings. The summed E-state index contributed by atoms with van der Waals surface area (Å²) in [6, 6.07) is 10.6. The fourth-order valence-electron chi connectivity index (χ4n) is 2.57. The van der Waals surface area contributed by atoms with E-state index in [2.05, 4.69) is 63.0 Å². The maximum atomic E-state index is 5.96. The van der Waals surface area contributed by atoms with E-state index in [4.69, 9.17) is 5.73 Å². The maximum Gasteiger partial charge on any atom is 0.0596 e. The van der Waals surface area contributed by atoms with E-state index >= 15 is 0 Å². The molecule has 0 saturated heterocycles. The van der Waals surface area contributed by atoms with Gasteiger partial charge in [0.15, 0.2) is 0 Å². The normalized spacial score (nSPS) is 12.6. The van der Waals surface area contributed by atoms with E-state index in [0.717, 1.165) is 29.6 Å². The summed E-state index contributed by atoms with van der Waals surface area (Å²) < 4.78 is 3.21. The first kappa shape index (κ1) is 15.3. The topological polar surface area (TPSA) is 43.8 Å². The lowest BCUT2D eigenvalue weighted by Gasteiger charge is -2.15. The van der Waals surface area contributed by atoms with Gasteiger partial charge in [-0.15, -0.1) is 0 Å². The highest BCUT2D eigenvalue weighted by molar-refractivity contribution is 9.10. The Labute approximate surface area is 129 Å². The molecule has 1 aromatic carbocycles. The third-order valence-electron chi connectivity index (χ3n) is 3.53. The third kappa shape index (κ3) is 3.93. The number of nitrogens with two attached hydrogens (primary N) is 1. The highest BCUT2D eigenvalue weighted by Gasteiger charge is 2.13. The summed E-state index contributed by atoms with van der Waals surface area (Å²) in [5.74, 6) is 0.450. The summed E-state index contributed by atoms with van der Waals surface area (Å²) in [5.41, 5.74) is 9.66. The molecular weight excluding hydrogens is 314 g/mol. The third-order valence-corrected chi connectivity index (χ3v) is 4.02. The zero-order chi connectivity index (χ0) is 14.5. The van der Waals surface area contributed by atoms with Gasteiger partial charge in [0, 0.05) is 16.7 Å². The van der Waals surface area contributed by atoms with Gasteiger partial charge >= 0.3 is 0 Å². The molecule has 108 valence electrons. The van der Waals surface area contributed by atoms with Crippen molar-refractivity contribution in [1.29, 1.82) is 0 Å². The molecule has 1 aromatic heterocycles. The van der Waals surface area contributed by atoms with Crippen LogP contribution in [0.1, 0.15) is 23.9 Å². The van der Waals surface area contributed by atoms with Crippen LogP contribution in [0.25, 0.3) is 0 Å². The lowest BCUT2D eigenvalue weighted by atomic mass is 9.95. The first-order chi connectivity index (χ1) is 9.62. The molecule has 0 aliphatic carbocycles. The van der Waals surface area contributed by atoms with Crippen molar-refractivity contribution in [3.05, 3.63) is 51.8 Å². The van der Waals surface area contributed by atoms with Crippen LogP contribution in [0, 0.1) is 12.8 Å². The fraction of sp³-hybridized carbons (Fsp3) is 0.438. The van der Waals surface area contributed by atoms with Gasteiger partial charge < -0.3 is 5.73 Å². The van der Waals surface area contributed by atoms with Crippen molar-refractivity contribution < 1.29 is 0 Å². The van der Waals surface area contributed by atoms with Crippen LogP contribution in [0.2, 0.25) is 0 Å². The molecule has 20 heavy (non-hydrogen) atoms. The van der Waals surface area contributed by atoms with Crippen LogP contribution >= 0.6 is 15.9 Å². The van der Waals surface area contributed by atoms with Crippen LogP contribution in [0.5, 0.6) is 0 Å². The Hall–Kier alpha value is -1.13. The Bertz CT molecular complexity index is 563. The summed E-state index contributed by atoms with van der Waals surface area (Å²) in [7, 11) is 0. The summed E-state index contributed by atoms with van der Waals surface area (Å²) in [5, 5.41) is 4.51. The molecule has 3 nitrogen and oxygen atoms in total. The lowest BCUT2D eigenvalue weighted by molar-refractivity contribution is 0.499. The Morgan fingerprint density at radius 2 is 2.10 bits per heavy atom. The Kier molecular flexibility index (Phi) is 5.38. The molecule has 1 heterocycles. The number of aryl methyl sites for hydroxylation is 2. The second-order valence-corrected chi connectivity index (χ2v) is 6.15. The largest absolute Gasteiger partial charge is 0.330 e. The summed E-state index contributed by atoms with van der Waals surface area (Å²) in [6.45, 7) is 5.78. The van der Waals surface area contributed by atoms with E-state index in [-0.39, 0.29) is 0 Å². The first-order valence-corrected chi connectivity index (χ1v) is 7.89.